The summed E-state index contributed by atoms with van der Waals surface area (Å²) in [5.41, 5.74) is 6.07. The summed E-state index contributed by atoms with van der Waals surface area (Å²) in [5.74, 6) is 0.430. The molecule has 1 amide bonds. The molecule has 0 fully saturated rings. The second-order valence-electron chi connectivity index (χ2n) is 5.32. The van der Waals surface area contributed by atoms with Crippen molar-refractivity contribution in [2.24, 2.45) is 5.10 Å². The van der Waals surface area contributed by atoms with E-state index < -0.39 is 0 Å². The van der Waals surface area contributed by atoms with Crippen molar-refractivity contribution < 1.29 is 9.53 Å². The molecule has 0 spiro atoms. The zero-order chi connectivity index (χ0) is 16.1. The molecule has 0 saturated carbocycles. The topological polar surface area (TPSA) is 63.6 Å². The molecule has 1 aliphatic carbocycles. The molecule has 118 valence electrons. The Morgan fingerprint density at radius 3 is 3.09 bits per heavy atom. The summed E-state index contributed by atoms with van der Waals surface area (Å²) in [6.07, 6.45) is 4.61. The summed E-state index contributed by atoms with van der Waals surface area (Å²) in [4.78, 5) is 16.6. The predicted octanol–water partition coefficient (Wildman–Crippen LogP) is 2.95. The fraction of sp³-hybridized carbons (Fsp3) is 0.278. The van der Waals surface area contributed by atoms with Gasteiger partial charge in [0.1, 0.15) is 5.75 Å². The summed E-state index contributed by atoms with van der Waals surface area (Å²) >= 11 is 0. The normalized spacial score (nSPS) is 15.1. The minimum Gasteiger partial charge on any atom is -0.494 e. The van der Waals surface area contributed by atoms with E-state index in [0.717, 1.165) is 30.7 Å². The lowest BCUT2D eigenvalue weighted by molar-refractivity contribution is 0.0954. The van der Waals surface area contributed by atoms with Gasteiger partial charge in [-0.2, -0.15) is 5.10 Å². The van der Waals surface area contributed by atoms with Crippen molar-refractivity contribution in [2.75, 3.05) is 6.61 Å². The van der Waals surface area contributed by atoms with E-state index in [-0.39, 0.29) is 5.91 Å². The second-order valence-corrected chi connectivity index (χ2v) is 5.32. The maximum absolute atomic E-state index is 12.3. The van der Waals surface area contributed by atoms with Crippen LogP contribution in [0.25, 0.3) is 0 Å². The first-order valence-electron chi connectivity index (χ1n) is 7.82. The maximum Gasteiger partial charge on any atom is 0.271 e. The van der Waals surface area contributed by atoms with Crippen LogP contribution in [0.3, 0.4) is 0 Å². The summed E-state index contributed by atoms with van der Waals surface area (Å²) < 4.78 is 5.41. The highest BCUT2D eigenvalue weighted by Gasteiger charge is 2.17. The quantitative estimate of drug-likeness (QED) is 0.883. The van der Waals surface area contributed by atoms with E-state index in [0.29, 0.717) is 17.9 Å². The Balaban J connectivity index is 1.75. The van der Waals surface area contributed by atoms with Crippen LogP contribution in [0, 0.1) is 0 Å². The molecule has 5 heteroatoms. The molecule has 5 nitrogen and oxygen atoms in total. The zero-order valence-corrected chi connectivity index (χ0v) is 13.1. The van der Waals surface area contributed by atoms with Crippen LogP contribution in [0.5, 0.6) is 5.75 Å². The first kappa shape index (κ1) is 15.2. The van der Waals surface area contributed by atoms with Crippen molar-refractivity contribution >= 4 is 11.6 Å². The SMILES string of the molecule is CCOc1cccc(C(=O)N/N=C2\CCCc3cccnc32)c1. The molecule has 3 rings (SSSR count). The van der Waals surface area contributed by atoms with Gasteiger partial charge in [0.25, 0.3) is 5.91 Å². The monoisotopic (exact) mass is 309 g/mol. The highest BCUT2D eigenvalue weighted by molar-refractivity contribution is 6.02. The van der Waals surface area contributed by atoms with Gasteiger partial charge in [-0.25, -0.2) is 5.43 Å². The first-order valence-corrected chi connectivity index (χ1v) is 7.82. The third-order valence-electron chi connectivity index (χ3n) is 3.72. The molecule has 0 aliphatic heterocycles. The van der Waals surface area contributed by atoms with Crippen LogP contribution >= 0.6 is 0 Å². The van der Waals surface area contributed by atoms with E-state index in [1.807, 2.05) is 19.1 Å². The van der Waals surface area contributed by atoms with Crippen molar-refractivity contribution in [3.05, 3.63) is 59.4 Å². The molecule has 1 aromatic heterocycles. The molecule has 1 N–H and O–H groups in total. The fourth-order valence-corrected chi connectivity index (χ4v) is 2.65. The number of amides is 1. The highest BCUT2D eigenvalue weighted by Crippen LogP contribution is 2.19. The van der Waals surface area contributed by atoms with Gasteiger partial charge < -0.3 is 4.74 Å². The molecular weight excluding hydrogens is 290 g/mol. The Labute approximate surface area is 135 Å². The number of rotatable bonds is 4. The number of ether oxygens (including phenoxy) is 1. The van der Waals surface area contributed by atoms with Gasteiger partial charge in [-0.3, -0.25) is 9.78 Å². The average molecular weight is 309 g/mol. The van der Waals surface area contributed by atoms with Crippen molar-refractivity contribution in [2.45, 2.75) is 26.2 Å². The molecule has 0 unspecified atom stereocenters. The number of hydrogen-bond donors (Lipinski definition) is 1. The van der Waals surface area contributed by atoms with Gasteiger partial charge in [0.2, 0.25) is 0 Å². The first-order chi connectivity index (χ1) is 11.3. The Morgan fingerprint density at radius 1 is 1.30 bits per heavy atom. The Bertz CT molecular complexity index is 741. The number of nitrogens with zero attached hydrogens (tertiary/aromatic N) is 2. The number of fused-ring (bicyclic) bond motifs is 1. The molecule has 2 aromatic rings. The van der Waals surface area contributed by atoms with Crippen LogP contribution < -0.4 is 10.2 Å². The standard InChI is InChI=1S/C18H19N3O2/c1-2-23-15-9-3-7-14(12-15)18(22)21-20-16-10-4-6-13-8-5-11-19-17(13)16/h3,5,7-9,11-12H,2,4,6,10H2,1H3,(H,21,22)/b20-16+. The molecule has 0 bridgehead atoms. The van der Waals surface area contributed by atoms with Crippen molar-refractivity contribution in [3.8, 4) is 5.75 Å². The number of hydrazone groups is 1. The summed E-state index contributed by atoms with van der Waals surface area (Å²) in [6, 6.07) is 11.1. The largest absolute Gasteiger partial charge is 0.494 e. The number of carbonyl (C=O) groups excluding carboxylic acids is 1. The third-order valence-corrected chi connectivity index (χ3v) is 3.72. The Hall–Kier alpha value is -2.69. The van der Waals surface area contributed by atoms with Crippen LogP contribution in [0.1, 0.15) is 41.4 Å². The Kier molecular flexibility index (Phi) is 4.66. The number of hydrogen-bond acceptors (Lipinski definition) is 4. The lowest BCUT2D eigenvalue weighted by Gasteiger charge is -2.16. The van der Waals surface area contributed by atoms with Gasteiger partial charge in [-0.05, 0) is 56.0 Å². The van der Waals surface area contributed by atoms with E-state index >= 15 is 0 Å². The van der Waals surface area contributed by atoms with E-state index in [9.17, 15) is 4.79 Å². The number of aryl methyl sites for hydroxylation is 1. The second kappa shape index (κ2) is 7.05. The fourth-order valence-electron chi connectivity index (χ4n) is 2.65. The van der Waals surface area contributed by atoms with Crippen molar-refractivity contribution in [1.82, 2.24) is 10.4 Å². The summed E-state index contributed by atoms with van der Waals surface area (Å²) in [5, 5.41) is 4.29. The molecule has 1 aliphatic rings. The van der Waals surface area contributed by atoms with Gasteiger partial charge in [-0.1, -0.05) is 12.1 Å². The molecular formula is C18H19N3O2. The number of aromatic nitrogens is 1. The van der Waals surface area contributed by atoms with E-state index in [4.69, 9.17) is 4.74 Å². The maximum atomic E-state index is 12.3. The number of nitrogens with one attached hydrogen (secondary N) is 1. The molecule has 1 heterocycles. The van der Waals surface area contributed by atoms with Crippen molar-refractivity contribution in [3.63, 3.8) is 0 Å². The molecule has 1 aromatic carbocycles. The smallest absolute Gasteiger partial charge is 0.271 e. The molecule has 0 atom stereocenters. The molecule has 23 heavy (non-hydrogen) atoms. The van der Waals surface area contributed by atoms with E-state index in [1.165, 1.54) is 5.56 Å². The van der Waals surface area contributed by atoms with E-state index in [1.54, 1.807) is 24.4 Å². The minimum absolute atomic E-state index is 0.248. The van der Waals surface area contributed by atoms with Crippen LogP contribution in [0.15, 0.2) is 47.7 Å². The third kappa shape index (κ3) is 3.56. The van der Waals surface area contributed by atoms with Gasteiger partial charge in [0.05, 0.1) is 18.0 Å². The highest BCUT2D eigenvalue weighted by atomic mass is 16.5. The van der Waals surface area contributed by atoms with Gasteiger partial charge in [0, 0.05) is 11.8 Å². The number of pyridine rings is 1. The van der Waals surface area contributed by atoms with E-state index in [2.05, 4.69) is 21.6 Å². The lowest BCUT2D eigenvalue weighted by atomic mass is 9.95. The number of benzene rings is 1. The van der Waals surface area contributed by atoms with Crippen LogP contribution in [-0.4, -0.2) is 23.2 Å². The van der Waals surface area contributed by atoms with Crippen LogP contribution in [-0.2, 0) is 6.42 Å². The molecule has 0 radical (unpaired) electrons. The summed E-state index contributed by atoms with van der Waals surface area (Å²) in [6.45, 7) is 2.47. The Morgan fingerprint density at radius 2 is 2.22 bits per heavy atom. The lowest BCUT2D eigenvalue weighted by Crippen LogP contribution is -2.22. The minimum atomic E-state index is -0.248. The van der Waals surface area contributed by atoms with Crippen LogP contribution in [0.2, 0.25) is 0 Å². The predicted molar refractivity (Wildman–Crippen MR) is 88.8 cm³/mol. The van der Waals surface area contributed by atoms with Gasteiger partial charge in [0.15, 0.2) is 0 Å². The van der Waals surface area contributed by atoms with Gasteiger partial charge in [-0.15, -0.1) is 0 Å². The number of carbonyl (C=O) groups is 1. The van der Waals surface area contributed by atoms with Crippen LogP contribution in [0.4, 0.5) is 0 Å². The average Bonchev–Trinajstić information content (AvgIpc) is 2.60. The summed E-state index contributed by atoms with van der Waals surface area (Å²) in [7, 11) is 0. The zero-order valence-electron chi connectivity index (χ0n) is 13.1. The van der Waals surface area contributed by atoms with Gasteiger partial charge >= 0.3 is 0 Å². The molecule has 0 saturated heterocycles. The van der Waals surface area contributed by atoms with Crippen molar-refractivity contribution in [1.29, 1.82) is 0 Å².